The van der Waals surface area contributed by atoms with E-state index in [-0.39, 0.29) is 0 Å². The van der Waals surface area contributed by atoms with Crippen molar-refractivity contribution in [1.29, 1.82) is 0 Å². The molecule has 0 aromatic carbocycles. The first-order valence-corrected chi connectivity index (χ1v) is 4.99. The van der Waals surface area contributed by atoms with Crippen LogP contribution >= 0.6 is 15.9 Å². The Morgan fingerprint density at radius 2 is 1.93 bits per heavy atom. The third-order valence-electron chi connectivity index (χ3n) is 1.92. The molecule has 5 heteroatoms. The van der Waals surface area contributed by atoms with Crippen molar-refractivity contribution < 1.29 is 9.53 Å². The summed E-state index contributed by atoms with van der Waals surface area (Å²) < 4.78 is 5.45. The number of carbonyl (C=O) groups is 1. The average Bonchev–Trinajstić information content (AvgIpc) is 2.27. The average molecular weight is 267 g/mol. The van der Waals surface area contributed by atoms with Gasteiger partial charge in [-0.2, -0.15) is 0 Å². The Hall–Kier alpha value is -1.49. The topological polar surface area (TPSA) is 52.1 Å². The van der Waals surface area contributed by atoms with E-state index in [1.54, 1.807) is 12.3 Å². The molecule has 2 aromatic rings. The quantitative estimate of drug-likeness (QED) is 0.743. The molecule has 15 heavy (non-hydrogen) atoms. The minimum Gasteiger partial charge on any atom is -0.465 e. The van der Waals surface area contributed by atoms with Gasteiger partial charge in [-0.3, -0.25) is 9.97 Å². The van der Waals surface area contributed by atoms with Crippen LogP contribution < -0.4 is 0 Å². The van der Waals surface area contributed by atoms with Crippen LogP contribution in [0.5, 0.6) is 0 Å². The maximum atomic E-state index is 11.2. The molecule has 0 saturated carbocycles. The zero-order chi connectivity index (χ0) is 10.8. The number of hydrogen-bond donors (Lipinski definition) is 0. The largest absolute Gasteiger partial charge is 0.465 e. The molecule has 0 radical (unpaired) electrons. The van der Waals surface area contributed by atoms with Crippen LogP contribution in [0.4, 0.5) is 0 Å². The Morgan fingerprint density at radius 3 is 2.67 bits per heavy atom. The van der Waals surface area contributed by atoms with Crippen molar-refractivity contribution in [2.45, 2.75) is 0 Å². The molecule has 0 aliphatic rings. The smallest absolute Gasteiger partial charge is 0.339 e. The van der Waals surface area contributed by atoms with Gasteiger partial charge in [0.25, 0.3) is 0 Å². The van der Waals surface area contributed by atoms with E-state index in [1.165, 1.54) is 13.3 Å². The van der Waals surface area contributed by atoms with Crippen molar-refractivity contribution in [2.75, 3.05) is 7.11 Å². The molecule has 0 atom stereocenters. The second-order valence-electron chi connectivity index (χ2n) is 2.91. The first kappa shape index (κ1) is 10.0. The van der Waals surface area contributed by atoms with Crippen LogP contribution in [0.2, 0.25) is 0 Å². The van der Waals surface area contributed by atoms with Gasteiger partial charge in [0.05, 0.1) is 23.7 Å². The van der Waals surface area contributed by atoms with Crippen molar-refractivity contribution in [2.24, 2.45) is 0 Å². The minimum atomic E-state index is -0.408. The fraction of sp³-hybridized carbons (Fsp3) is 0.100. The standard InChI is InChI=1S/C10H7BrN2O2/c1-15-10(14)6-2-8-9(12-4-6)3-7(11)5-13-8/h2-5H,1H3. The second kappa shape index (κ2) is 3.94. The molecule has 0 aliphatic carbocycles. The molecule has 0 fully saturated rings. The molecular weight excluding hydrogens is 260 g/mol. The first-order valence-electron chi connectivity index (χ1n) is 4.20. The third-order valence-corrected chi connectivity index (χ3v) is 2.35. The Kier molecular flexibility index (Phi) is 2.64. The van der Waals surface area contributed by atoms with Gasteiger partial charge < -0.3 is 4.74 Å². The Balaban J connectivity index is 2.57. The molecule has 4 nitrogen and oxygen atoms in total. The number of hydrogen-bond acceptors (Lipinski definition) is 4. The van der Waals surface area contributed by atoms with Crippen LogP contribution in [0.1, 0.15) is 10.4 Å². The molecule has 76 valence electrons. The lowest BCUT2D eigenvalue weighted by atomic mass is 10.2. The molecule has 2 rings (SSSR count). The Bertz CT molecular complexity index is 528. The zero-order valence-electron chi connectivity index (χ0n) is 7.90. The van der Waals surface area contributed by atoms with Gasteiger partial charge in [-0.05, 0) is 28.1 Å². The van der Waals surface area contributed by atoms with Gasteiger partial charge >= 0.3 is 5.97 Å². The highest BCUT2D eigenvalue weighted by atomic mass is 79.9. The van der Waals surface area contributed by atoms with Crippen molar-refractivity contribution in [3.05, 3.63) is 34.6 Å². The van der Waals surface area contributed by atoms with Crippen molar-refractivity contribution in [3.63, 3.8) is 0 Å². The third kappa shape index (κ3) is 1.97. The van der Waals surface area contributed by atoms with Gasteiger partial charge in [-0.15, -0.1) is 0 Å². The van der Waals surface area contributed by atoms with Gasteiger partial charge in [-0.25, -0.2) is 4.79 Å². The summed E-state index contributed by atoms with van der Waals surface area (Å²) in [7, 11) is 1.33. The first-order chi connectivity index (χ1) is 7.20. The van der Waals surface area contributed by atoms with Crippen LogP contribution in [0, 0.1) is 0 Å². The van der Waals surface area contributed by atoms with E-state index in [9.17, 15) is 4.79 Å². The lowest BCUT2D eigenvalue weighted by Crippen LogP contribution is -2.01. The zero-order valence-corrected chi connectivity index (χ0v) is 9.48. The van der Waals surface area contributed by atoms with Crippen molar-refractivity contribution >= 4 is 32.9 Å². The molecule has 0 bridgehead atoms. The van der Waals surface area contributed by atoms with Gasteiger partial charge in [0.1, 0.15) is 0 Å². The highest BCUT2D eigenvalue weighted by molar-refractivity contribution is 9.10. The maximum Gasteiger partial charge on any atom is 0.339 e. The van der Waals surface area contributed by atoms with Gasteiger partial charge in [0, 0.05) is 16.9 Å². The van der Waals surface area contributed by atoms with E-state index < -0.39 is 5.97 Å². The Labute approximate surface area is 94.4 Å². The predicted octanol–water partition coefficient (Wildman–Crippen LogP) is 2.18. The monoisotopic (exact) mass is 266 g/mol. The molecule has 0 N–H and O–H groups in total. The van der Waals surface area contributed by atoms with Crippen molar-refractivity contribution in [3.8, 4) is 0 Å². The minimum absolute atomic E-state index is 0.403. The number of halogens is 1. The summed E-state index contributed by atoms with van der Waals surface area (Å²) in [5.74, 6) is -0.408. The summed E-state index contributed by atoms with van der Waals surface area (Å²) >= 11 is 3.30. The summed E-state index contributed by atoms with van der Waals surface area (Å²) in [6.45, 7) is 0. The molecule has 0 unspecified atom stereocenters. The molecule has 2 heterocycles. The summed E-state index contributed by atoms with van der Waals surface area (Å²) in [4.78, 5) is 19.5. The number of nitrogens with zero attached hydrogens (tertiary/aromatic N) is 2. The number of carbonyl (C=O) groups excluding carboxylic acids is 1. The summed E-state index contributed by atoms with van der Waals surface area (Å²) in [5, 5.41) is 0. The fourth-order valence-electron chi connectivity index (χ4n) is 1.21. The van der Waals surface area contributed by atoms with Gasteiger partial charge in [0.2, 0.25) is 0 Å². The van der Waals surface area contributed by atoms with Gasteiger partial charge in [-0.1, -0.05) is 0 Å². The van der Waals surface area contributed by atoms with Crippen molar-refractivity contribution in [1.82, 2.24) is 9.97 Å². The number of rotatable bonds is 1. The van der Waals surface area contributed by atoms with Crippen LogP contribution in [0.25, 0.3) is 11.0 Å². The number of ether oxygens (including phenoxy) is 1. The molecule has 0 aliphatic heterocycles. The molecular formula is C10H7BrN2O2. The van der Waals surface area contributed by atoms with Crippen LogP contribution in [-0.2, 0) is 4.74 Å². The number of pyridine rings is 2. The molecule has 2 aromatic heterocycles. The number of aromatic nitrogens is 2. The number of esters is 1. The molecule has 0 amide bonds. The Morgan fingerprint density at radius 1 is 1.27 bits per heavy atom. The highest BCUT2D eigenvalue weighted by Crippen LogP contribution is 2.16. The normalized spacial score (nSPS) is 10.3. The summed E-state index contributed by atoms with van der Waals surface area (Å²) in [6, 6.07) is 3.49. The fourth-order valence-corrected chi connectivity index (χ4v) is 1.53. The van der Waals surface area contributed by atoms with Crippen LogP contribution in [0.15, 0.2) is 29.0 Å². The van der Waals surface area contributed by atoms with E-state index in [0.29, 0.717) is 11.1 Å². The van der Waals surface area contributed by atoms with E-state index in [1.807, 2.05) is 6.07 Å². The number of fused-ring (bicyclic) bond motifs is 1. The second-order valence-corrected chi connectivity index (χ2v) is 3.82. The van der Waals surface area contributed by atoms with E-state index in [2.05, 4.69) is 30.6 Å². The lowest BCUT2D eigenvalue weighted by Gasteiger charge is -2.00. The van der Waals surface area contributed by atoms with E-state index in [0.717, 1.165) is 9.99 Å². The summed E-state index contributed by atoms with van der Waals surface area (Å²) in [5.41, 5.74) is 1.80. The van der Waals surface area contributed by atoms with E-state index in [4.69, 9.17) is 0 Å². The SMILES string of the molecule is COC(=O)c1cnc2cc(Br)cnc2c1. The number of methoxy groups -OCH3 is 1. The lowest BCUT2D eigenvalue weighted by molar-refractivity contribution is 0.0600. The highest BCUT2D eigenvalue weighted by Gasteiger charge is 2.07. The molecule has 0 saturated heterocycles. The summed E-state index contributed by atoms with van der Waals surface area (Å²) in [6.07, 6.45) is 3.13. The maximum absolute atomic E-state index is 11.2. The van der Waals surface area contributed by atoms with Gasteiger partial charge in [0.15, 0.2) is 0 Å². The predicted molar refractivity (Wildman–Crippen MR) is 58.6 cm³/mol. The van der Waals surface area contributed by atoms with Crippen LogP contribution in [-0.4, -0.2) is 23.0 Å². The van der Waals surface area contributed by atoms with Crippen LogP contribution in [0.3, 0.4) is 0 Å². The molecule has 0 spiro atoms. The van der Waals surface area contributed by atoms with E-state index >= 15 is 0 Å².